The minimum Gasteiger partial charge on any atom is -0.496 e. The summed E-state index contributed by atoms with van der Waals surface area (Å²) in [5.74, 6) is 0.760. The Morgan fingerprint density at radius 2 is 2.35 bits per heavy atom. The van der Waals surface area contributed by atoms with Crippen LogP contribution in [-0.2, 0) is 6.54 Å². The molecule has 0 saturated heterocycles. The van der Waals surface area contributed by atoms with E-state index in [-0.39, 0.29) is 0 Å². The number of aromatic nitrogens is 2. The zero-order valence-corrected chi connectivity index (χ0v) is 10.8. The van der Waals surface area contributed by atoms with Gasteiger partial charge < -0.3 is 4.74 Å². The molecule has 0 saturated carbocycles. The summed E-state index contributed by atoms with van der Waals surface area (Å²) in [5, 5.41) is 13.0. The van der Waals surface area contributed by atoms with Crippen LogP contribution < -0.4 is 4.74 Å². The van der Waals surface area contributed by atoms with Crippen molar-refractivity contribution < 1.29 is 4.74 Å². The van der Waals surface area contributed by atoms with E-state index in [2.05, 4.69) is 27.1 Å². The fourth-order valence-electron chi connectivity index (χ4n) is 1.57. The first-order valence-corrected chi connectivity index (χ1v) is 5.77. The zero-order chi connectivity index (χ0) is 12.3. The van der Waals surface area contributed by atoms with Gasteiger partial charge in [-0.2, -0.15) is 10.4 Å². The molecule has 0 amide bonds. The number of nitrogens with zero attached hydrogens (tertiary/aromatic N) is 3. The second-order valence-electron chi connectivity index (χ2n) is 3.49. The Labute approximate surface area is 108 Å². The van der Waals surface area contributed by atoms with Gasteiger partial charge in [-0.25, -0.2) is 0 Å². The number of hydrogen-bond acceptors (Lipinski definition) is 3. The minimum absolute atomic E-state index is 0.574. The molecule has 0 atom stereocenters. The Bertz CT molecular complexity index is 571. The molecule has 1 aromatic carbocycles. The molecule has 0 spiro atoms. The molecule has 0 aliphatic carbocycles. The van der Waals surface area contributed by atoms with Crippen LogP contribution >= 0.6 is 15.9 Å². The minimum atomic E-state index is 0.574. The molecule has 4 nitrogen and oxygen atoms in total. The topological polar surface area (TPSA) is 50.8 Å². The van der Waals surface area contributed by atoms with E-state index in [9.17, 15) is 0 Å². The molecule has 2 rings (SSSR count). The van der Waals surface area contributed by atoms with Crippen molar-refractivity contribution in [1.29, 1.82) is 5.26 Å². The fourth-order valence-corrected chi connectivity index (χ4v) is 1.90. The third-order valence-electron chi connectivity index (χ3n) is 2.34. The van der Waals surface area contributed by atoms with Crippen molar-refractivity contribution in [3.8, 4) is 11.8 Å². The second-order valence-corrected chi connectivity index (χ2v) is 4.41. The highest BCUT2D eigenvalue weighted by atomic mass is 79.9. The molecule has 0 unspecified atom stereocenters. The van der Waals surface area contributed by atoms with Crippen LogP contribution in [0.15, 0.2) is 35.1 Å². The third kappa shape index (κ3) is 2.66. The van der Waals surface area contributed by atoms with E-state index < -0.39 is 0 Å². The largest absolute Gasteiger partial charge is 0.496 e. The van der Waals surface area contributed by atoms with Crippen LogP contribution in [-0.4, -0.2) is 16.9 Å². The summed E-state index contributed by atoms with van der Waals surface area (Å²) in [5.41, 5.74) is 1.55. The number of rotatable bonds is 3. The number of halogens is 1. The van der Waals surface area contributed by atoms with E-state index in [0.717, 1.165) is 15.8 Å². The molecule has 1 aromatic heterocycles. The number of ether oxygens (including phenoxy) is 1. The number of hydrogen-bond donors (Lipinski definition) is 0. The van der Waals surface area contributed by atoms with Gasteiger partial charge in [-0.15, -0.1) is 0 Å². The first kappa shape index (κ1) is 11.7. The number of benzene rings is 1. The van der Waals surface area contributed by atoms with Gasteiger partial charge in [0.05, 0.1) is 36.0 Å². The van der Waals surface area contributed by atoms with Gasteiger partial charge in [0.2, 0.25) is 0 Å². The lowest BCUT2D eigenvalue weighted by Gasteiger charge is -2.08. The van der Waals surface area contributed by atoms with Gasteiger partial charge in [-0.3, -0.25) is 4.68 Å². The van der Waals surface area contributed by atoms with E-state index in [4.69, 9.17) is 10.00 Å². The fraction of sp³-hybridized carbons (Fsp3) is 0.167. The predicted molar refractivity (Wildman–Crippen MR) is 66.7 cm³/mol. The molecule has 0 bridgehead atoms. The SMILES string of the molecule is COc1ccc(C#N)cc1Cn1cc(Br)cn1. The Morgan fingerprint density at radius 3 is 2.94 bits per heavy atom. The maximum atomic E-state index is 8.88. The van der Waals surface area contributed by atoms with Gasteiger partial charge in [-0.05, 0) is 34.1 Å². The molecule has 0 N–H and O–H groups in total. The van der Waals surface area contributed by atoms with Crippen LogP contribution in [0.1, 0.15) is 11.1 Å². The molecule has 5 heteroatoms. The summed E-state index contributed by atoms with van der Waals surface area (Å²) in [4.78, 5) is 0. The normalized spacial score (nSPS) is 9.94. The maximum absolute atomic E-state index is 8.88. The molecule has 86 valence electrons. The standard InChI is InChI=1S/C12H10BrN3O/c1-17-12-3-2-9(5-14)4-10(12)7-16-8-11(13)6-15-16/h2-4,6,8H,7H2,1H3. The highest BCUT2D eigenvalue weighted by Crippen LogP contribution is 2.21. The Balaban J connectivity index is 2.33. The average molecular weight is 292 g/mol. The lowest BCUT2D eigenvalue weighted by atomic mass is 10.1. The van der Waals surface area contributed by atoms with Crippen molar-refractivity contribution in [1.82, 2.24) is 9.78 Å². The summed E-state index contributed by atoms with van der Waals surface area (Å²) >= 11 is 3.34. The van der Waals surface area contributed by atoms with Gasteiger partial charge in [0, 0.05) is 11.8 Å². The van der Waals surface area contributed by atoms with Crippen molar-refractivity contribution in [2.45, 2.75) is 6.54 Å². The van der Waals surface area contributed by atoms with Gasteiger partial charge >= 0.3 is 0 Å². The molecule has 0 aliphatic rings. The molecule has 1 heterocycles. The van der Waals surface area contributed by atoms with E-state index in [1.54, 1.807) is 30.1 Å². The molecule has 0 fully saturated rings. The monoisotopic (exact) mass is 291 g/mol. The summed E-state index contributed by atoms with van der Waals surface area (Å²) in [6, 6.07) is 7.46. The van der Waals surface area contributed by atoms with Crippen molar-refractivity contribution in [2.24, 2.45) is 0 Å². The summed E-state index contributed by atoms with van der Waals surface area (Å²) in [7, 11) is 1.61. The van der Waals surface area contributed by atoms with Crippen LogP contribution in [0.5, 0.6) is 5.75 Å². The van der Waals surface area contributed by atoms with Gasteiger partial charge in [0.25, 0.3) is 0 Å². The second kappa shape index (κ2) is 5.02. The molecule has 17 heavy (non-hydrogen) atoms. The van der Waals surface area contributed by atoms with Crippen LogP contribution in [0, 0.1) is 11.3 Å². The lowest BCUT2D eigenvalue weighted by Crippen LogP contribution is -2.02. The average Bonchev–Trinajstić information content (AvgIpc) is 2.74. The van der Waals surface area contributed by atoms with Crippen LogP contribution in [0.3, 0.4) is 0 Å². The van der Waals surface area contributed by atoms with E-state index in [1.807, 2.05) is 12.3 Å². The molecular weight excluding hydrogens is 282 g/mol. The van der Waals surface area contributed by atoms with Crippen LogP contribution in [0.4, 0.5) is 0 Å². The van der Waals surface area contributed by atoms with Crippen molar-refractivity contribution >= 4 is 15.9 Å². The Morgan fingerprint density at radius 1 is 1.53 bits per heavy atom. The highest BCUT2D eigenvalue weighted by molar-refractivity contribution is 9.10. The summed E-state index contributed by atoms with van der Waals surface area (Å²) in [6.07, 6.45) is 3.60. The van der Waals surface area contributed by atoms with Gasteiger partial charge in [-0.1, -0.05) is 0 Å². The first-order valence-electron chi connectivity index (χ1n) is 4.98. The van der Waals surface area contributed by atoms with Gasteiger partial charge in [0.15, 0.2) is 0 Å². The Hall–Kier alpha value is -1.80. The van der Waals surface area contributed by atoms with Crippen molar-refractivity contribution in [2.75, 3.05) is 7.11 Å². The molecule has 0 aliphatic heterocycles. The zero-order valence-electron chi connectivity index (χ0n) is 9.22. The van der Waals surface area contributed by atoms with E-state index in [1.165, 1.54) is 0 Å². The third-order valence-corrected chi connectivity index (χ3v) is 2.75. The number of methoxy groups -OCH3 is 1. The maximum Gasteiger partial charge on any atom is 0.124 e. The predicted octanol–water partition coefficient (Wildman–Crippen LogP) is 2.57. The lowest BCUT2D eigenvalue weighted by molar-refractivity contribution is 0.407. The smallest absolute Gasteiger partial charge is 0.124 e. The molecule has 2 aromatic rings. The highest BCUT2D eigenvalue weighted by Gasteiger charge is 2.06. The quantitative estimate of drug-likeness (QED) is 0.873. The summed E-state index contributed by atoms with van der Waals surface area (Å²) < 4.78 is 7.97. The Kier molecular flexibility index (Phi) is 3.45. The molecular formula is C12H10BrN3O. The van der Waals surface area contributed by atoms with Gasteiger partial charge in [0.1, 0.15) is 5.75 Å². The number of nitriles is 1. The van der Waals surface area contributed by atoms with Crippen molar-refractivity contribution in [3.63, 3.8) is 0 Å². The first-order chi connectivity index (χ1) is 8.22. The summed E-state index contributed by atoms with van der Waals surface area (Å²) in [6.45, 7) is 0.574. The van der Waals surface area contributed by atoms with E-state index >= 15 is 0 Å². The van der Waals surface area contributed by atoms with Crippen LogP contribution in [0.2, 0.25) is 0 Å². The van der Waals surface area contributed by atoms with Crippen LogP contribution in [0.25, 0.3) is 0 Å². The van der Waals surface area contributed by atoms with Crippen molar-refractivity contribution in [3.05, 3.63) is 46.2 Å². The molecule has 0 radical (unpaired) electrons. The van der Waals surface area contributed by atoms with E-state index in [0.29, 0.717) is 12.1 Å².